The van der Waals surface area contributed by atoms with Crippen LogP contribution in [0.3, 0.4) is 0 Å². The number of aliphatic imine (C=N–C) groups is 2. The van der Waals surface area contributed by atoms with E-state index in [2.05, 4.69) is 213 Å². The second kappa shape index (κ2) is 49.0. The third kappa shape index (κ3) is 23.7. The standard InChI is InChI=1S/C20H20N4.2C13H12N2.C9H10N2.C7H12N2.10C2H6/c1-23-12-10-21-19(23)16-7-5-6-15(14-16)17-8-3-4-9-18(17)20-22-11-13-24(20)2;1-9-14-11-7-3-5-10-6-4-8-12(13(10)11)15(9)2;1-9-14-12-7-10-5-3-4-6-11(10)8-13(12)15(9)2;1-7-10-8-5-3-4-6-9(8)11(7)2;1-5-6(2)9(4)7(3)8-5;10*1-2/h3-9,11,13-14H,10,12H2,1-2H3;2*3-8H,1-2H3;3-6H,1-2H3;1-4H3;10*1-2H3. The molecule has 0 atom stereocenters. The minimum atomic E-state index is 0.875. The SMILES string of the molecule is CC.CC.CC.CC.CC.CC.CC.CC.CC.CC.CC1=Nc2cccc3cccc(c23)N1C.CN1CCN=C1c1cccc(-c2ccccc2-c2nccn2C)c1.Cc1nc(C)n(C)c1C.Cc1nc2cc3ccccc3cc2n1C.Cc1nc2ccccc2n1C. The highest BCUT2D eigenvalue weighted by Crippen LogP contribution is 2.38. The van der Waals surface area contributed by atoms with Crippen molar-refractivity contribution in [1.29, 1.82) is 0 Å². The third-order valence-corrected chi connectivity index (χ3v) is 14.3. The molecule has 12 heteroatoms. The first kappa shape index (κ1) is 87.4. The molecule has 12 nitrogen and oxygen atoms in total. The molecule has 0 saturated carbocycles. The van der Waals surface area contributed by atoms with Crippen LogP contribution in [-0.4, -0.2) is 82.0 Å². The van der Waals surface area contributed by atoms with Gasteiger partial charge in [0.05, 0.1) is 45.7 Å². The zero-order valence-corrected chi connectivity index (χ0v) is 64.8. The Morgan fingerprint density at radius 2 is 0.883 bits per heavy atom. The maximum atomic E-state index is 4.63. The van der Waals surface area contributed by atoms with Crippen molar-refractivity contribution in [3.8, 4) is 22.5 Å². The van der Waals surface area contributed by atoms with Crippen LogP contribution in [0, 0.1) is 34.6 Å². The fourth-order valence-electron chi connectivity index (χ4n) is 9.47. The third-order valence-electron chi connectivity index (χ3n) is 14.3. The number of aryl methyl sites for hydroxylation is 7. The molecule has 11 aromatic rings. The van der Waals surface area contributed by atoms with Gasteiger partial charge in [0.25, 0.3) is 0 Å². The van der Waals surface area contributed by atoms with Crippen molar-refractivity contribution in [3.63, 3.8) is 0 Å². The summed E-state index contributed by atoms with van der Waals surface area (Å²) in [6.45, 7) is 54.1. The van der Waals surface area contributed by atoms with E-state index in [-0.39, 0.29) is 0 Å². The molecule has 6 heterocycles. The van der Waals surface area contributed by atoms with E-state index in [1.54, 1.807) is 0 Å². The van der Waals surface area contributed by atoms with Gasteiger partial charge < -0.3 is 28.1 Å². The molecule has 0 spiro atoms. The van der Waals surface area contributed by atoms with Gasteiger partial charge in [0.15, 0.2) is 0 Å². The quantitative estimate of drug-likeness (QED) is 0.175. The summed E-state index contributed by atoms with van der Waals surface area (Å²) in [7, 11) is 12.3. The molecule has 13 rings (SSSR count). The smallest absolute Gasteiger partial charge is 0.140 e. The predicted molar refractivity (Wildman–Crippen MR) is 423 cm³/mol. The van der Waals surface area contributed by atoms with Crippen molar-refractivity contribution in [3.05, 3.63) is 192 Å². The van der Waals surface area contributed by atoms with Crippen LogP contribution in [0.15, 0.2) is 168 Å². The monoisotopic (exact) mass is 1280 g/mol. The van der Waals surface area contributed by atoms with Gasteiger partial charge in [0.1, 0.15) is 35.0 Å². The van der Waals surface area contributed by atoms with Crippen LogP contribution in [0.25, 0.3) is 66.1 Å². The van der Waals surface area contributed by atoms with Gasteiger partial charge in [-0.3, -0.25) is 4.99 Å². The maximum absolute atomic E-state index is 4.63. The second-order valence-electron chi connectivity index (χ2n) is 19.0. The molecule has 0 aliphatic carbocycles. The molecular formula is C82H126N12. The van der Waals surface area contributed by atoms with Crippen LogP contribution >= 0.6 is 0 Å². The van der Waals surface area contributed by atoms with E-state index in [9.17, 15) is 0 Å². The predicted octanol–water partition coefficient (Wildman–Crippen LogP) is 23.3. The van der Waals surface area contributed by atoms with Crippen molar-refractivity contribution >= 4 is 66.7 Å². The normalized spacial score (nSPS) is 10.6. The van der Waals surface area contributed by atoms with E-state index in [1.165, 1.54) is 60.6 Å². The molecule has 0 fully saturated rings. The molecule has 0 unspecified atom stereocenters. The van der Waals surface area contributed by atoms with Crippen molar-refractivity contribution in [2.24, 2.45) is 38.2 Å². The van der Waals surface area contributed by atoms with Gasteiger partial charge in [0.2, 0.25) is 0 Å². The lowest BCUT2D eigenvalue weighted by atomic mass is 9.97. The molecule has 2 aliphatic heterocycles. The zero-order chi connectivity index (χ0) is 72.2. The average Bonchev–Trinajstić information content (AvgIpc) is 1.01. The Morgan fingerprint density at radius 1 is 0.404 bits per heavy atom. The van der Waals surface area contributed by atoms with Crippen LogP contribution in [-0.2, 0) is 28.2 Å². The van der Waals surface area contributed by atoms with Gasteiger partial charge in [-0.25, -0.2) is 24.9 Å². The number of benzene rings is 7. The molecule has 7 aromatic carbocycles. The summed E-state index contributed by atoms with van der Waals surface area (Å²) in [6, 6.07) is 50.6. The lowest BCUT2D eigenvalue weighted by molar-refractivity contribution is 0.557. The van der Waals surface area contributed by atoms with E-state index in [0.29, 0.717) is 0 Å². The summed E-state index contributed by atoms with van der Waals surface area (Å²) >= 11 is 0. The van der Waals surface area contributed by atoms with Crippen molar-refractivity contribution in [2.75, 3.05) is 32.1 Å². The minimum Gasteiger partial charge on any atom is -0.358 e. The number of hydrogen-bond donors (Lipinski definition) is 0. The number of nitrogens with zero attached hydrogens (tertiary/aromatic N) is 12. The summed E-state index contributed by atoms with van der Waals surface area (Å²) in [5.41, 5.74) is 14.0. The Balaban J connectivity index is 0. The molecule has 0 radical (unpaired) electrons. The molecule has 0 amide bonds. The lowest BCUT2D eigenvalue weighted by Gasteiger charge is -2.25. The number of anilines is 1. The Bertz CT molecular complexity index is 3840. The van der Waals surface area contributed by atoms with Crippen LogP contribution in [0.5, 0.6) is 0 Å². The van der Waals surface area contributed by atoms with E-state index in [4.69, 9.17) is 0 Å². The first-order valence-electron chi connectivity index (χ1n) is 35.1. The number of para-hydroxylation sites is 2. The summed E-state index contributed by atoms with van der Waals surface area (Å²) < 4.78 is 8.37. The van der Waals surface area contributed by atoms with E-state index in [1.807, 2.05) is 225 Å². The summed E-state index contributed by atoms with van der Waals surface area (Å²) in [5, 5.41) is 5.04. The van der Waals surface area contributed by atoms with E-state index >= 15 is 0 Å². The highest BCUT2D eigenvalue weighted by molar-refractivity contribution is 6.13. The Morgan fingerprint density at radius 3 is 1.39 bits per heavy atom. The minimum absolute atomic E-state index is 0.875. The molecule has 0 saturated heterocycles. The van der Waals surface area contributed by atoms with Crippen molar-refractivity contribution < 1.29 is 0 Å². The summed E-state index contributed by atoms with van der Waals surface area (Å²) in [5.74, 6) is 6.30. The molecular weight excluding hydrogens is 1150 g/mol. The Hall–Kier alpha value is -8.64. The number of amidine groups is 2. The average molecular weight is 1280 g/mol. The van der Waals surface area contributed by atoms with Crippen LogP contribution < -0.4 is 4.90 Å². The highest BCUT2D eigenvalue weighted by Gasteiger charge is 2.18. The molecule has 0 N–H and O–H groups in total. The first-order valence-corrected chi connectivity index (χ1v) is 35.1. The van der Waals surface area contributed by atoms with Crippen molar-refractivity contribution in [2.45, 2.75) is 180 Å². The Kier molecular flexibility index (Phi) is 45.6. The van der Waals surface area contributed by atoms with Crippen LogP contribution in [0.2, 0.25) is 0 Å². The number of aromatic nitrogens is 8. The van der Waals surface area contributed by atoms with Crippen molar-refractivity contribution in [1.82, 2.24) is 43.1 Å². The first-order chi connectivity index (χ1) is 45.7. The molecule has 514 valence electrons. The number of imidazole rings is 4. The molecule has 94 heavy (non-hydrogen) atoms. The number of fused-ring (bicyclic) bond motifs is 3. The largest absolute Gasteiger partial charge is 0.358 e. The molecule has 2 aliphatic rings. The maximum Gasteiger partial charge on any atom is 0.140 e. The topological polar surface area (TPSA) is 102 Å². The van der Waals surface area contributed by atoms with Crippen LogP contribution in [0.4, 0.5) is 11.4 Å². The van der Waals surface area contributed by atoms with E-state index in [0.717, 1.165) is 76.0 Å². The van der Waals surface area contributed by atoms with Crippen LogP contribution in [0.1, 0.15) is 180 Å². The number of rotatable bonds is 3. The number of likely N-dealkylation sites (N-methyl/N-ethyl adjacent to an activating group) is 1. The van der Waals surface area contributed by atoms with Gasteiger partial charge in [-0.2, -0.15) is 0 Å². The second-order valence-corrected chi connectivity index (χ2v) is 19.0. The lowest BCUT2D eigenvalue weighted by Crippen LogP contribution is -2.25. The molecule has 4 aromatic heterocycles. The van der Waals surface area contributed by atoms with Gasteiger partial charge >= 0.3 is 0 Å². The number of hydrogen-bond acceptors (Lipinski definition) is 8. The fraction of sp³-hybridized carbons (Fsp3) is 0.415. The summed E-state index contributed by atoms with van der Waals surface area (Å²) in [4.78, 5) is 31.3. The fourth-order valence-corrected chi connectivity index (χ4v) is 9.47. The molecule has 0 bridgehead atoms. The summed E-state index contributed by atoms with van der Waals surface area (Å²) in [6.07, 6.45) is 3.81. The highest BCUT2D eigenvalue weighted by atomic mass is 15.2. The van der Waals surface area contributed by atoms with Gasteiger partial charge in [-0.15, -0.1) is 0 Å². The Labute approximate surface area is 572 Å². The van der Waals surface area contributed by atoms with Gasteiger partial charge in [-0.05, 0) is 111 Å². The van der Waals surface area contributed by atoms with Gasteiger partial charge in [-0.1, -0.05) is 242 Å². The zero-order valence-electron chi connectivity index (χ0n) is 64.8. The van der Waals surface area contributed by atoms with E-state index < -0.39 is 0 Å². The van der Waals surface area contributed by atoms with Gasteiger partial charge in [0, 0.05) is 83.4 Å².